The molecular formula is C17H22O5. The first-order valence-corrected chi connectivity index (χ1v) is 7.25. The zero-order valence-electron chi connectivity index (χ0n) is 13.4. The molecule has 0 aliphatic heterocycles. The van der Waals surface area contributed by atoms with E-state index >= 15 is 0 Å². The summed E-state index contributed by atoms with van der Waals surface area (Å²) in [6.45, 7) is 4.96. The predicted octanol–water partition coefficient (Wildman–Crippen LogP) is 2.67. The highest BCUT2D eigenvalue weighted by Gasteiger charge is 2.31. The number of benzene rings is 1. The molecule has 2 atom stereocenters. The lowest BCUT2D eigenvalue weighted by atomic mass is 9.85. The molecule has 0 aliphatic carbocycles. The molecule has 1 aromatic rings. The minimum atomic E-state index is -0.673. The lowest BCUT2D eigenvalue weighted by molar-refractivity contribution is -0.151. The summed E-state index contributed by atoms with van der Waals surface area (Å²) >= 11 is 0. The molecule has 0 radical (unpaired) electrons. The van der Waals surface area contributed by atoms with Crippen LogP contribution in [0.4, 0.5) is 0 Å². The van der Waals surface area contributed by atoms with Gasteiger partial charge in [-0.05, 0) is 38.1 Å². The first kappa shape index (κ1) is 17.9. The van der Waals surface area contributed by atoms with E-state index in [-0.39, 0.29) is 24.6 Å². The number of rotatable bonds is 8. The Bertz CT molecular complexity index is 532. The summed E-state index contributed by atoms with van der Waals surface area (Å²) in [6, 6.07) is 6.66. The summed E-state index contributed by atoms with van der Waals surface area (Å²) in [5, 5.41) is 0. The van der Waals surface area contributed by atoms with E-state index in [1.165, 1.54) is 6.92 Å². The number of hydrogen-bond acceptors (Lipinski definition) is 5. The first-order chi connectivity index (χ1) is 10.4. The van der Waals surface area contributed by atoms with Crippen molar-refractivity contribution >= 4 is 17.5 Å². The molecule has 22 heavy (non-hydrogen) atoms. The van der Waals surface area contributed by atoms with Crippen LogP contribution in [0, 0.1) is 11.8 Å². The zero-order valence-corrected chi connectivity index (χ0v) is 13.4. The van der Waals surface area contributed by atoms with Crippen molar-refractivity contribution < 1.29 is 23.9 Å². The maximum atomic E-state index is 12.3. The van der Waals surface area contributed by atoms with Gasteiger partial charge in [0.25, 0.3) is 0 Å². The van der Waals surface area contributed by atoms with E-state index in [4.69, 9.17) is 9.47 Å². The lowest BCUT2D eigenvalue weighted by Gasteiger charge is -2.19. The van der Waals surface area contributed by atoms with E-state index in [1.54, 1.807) is 45.2 Å². The van der Waals surface area contributed by atoms with Crippen molar-refractivity contribution in [2.24, 2.45) is 11.8 Å². The average molecular weight is 306 g/mol. The van der Waals surface area contributed by atoms with Crippen LogP contribution in [-0.4, -0.2) is 31.3 Å². The Kier molecular flexibility index (Phi) is 6.76. The van der Waals surface area contributed by atoms with Gasteiger partial charge in [0.05, 0.1) is 19.6 Å². The van der Waals surface area contributed by atoms with Crippen LogP contribution in [0.25, 0.3) is 0 Å². The molecule has 0 aliphatic rings. The van der Waals surface area contributed by atoms with Gasteiger partial charge in [-0.25, -0.2) is 0 Å². The largest absolute Gasteiger partial charge is 0.497 e. The van der Waals surface area contributed by atoms with Gasteiger partial charge in [-0.3, -0.25) is 14.4 Å². The normalized spacial score (nSPS) is 13.1. The number of ether oxygens (including phenoxy) is 2. The predicted molar refractivity (Wildman–Crippen MR) is 81.9 cm³/mol. The van der Waals surface area contributed by atoms with Crippen LogP contribution in [0.3, 0.4) is 0 Å². The van der Waals surface area contributed by atoms with Gasteiger partial charge >= 0.3 is 5.97 Å². The Balaban J connectivity index is 2.83. The van der Waals surface area contributed by atoms with Gasteiger partial charge in [0.1, 0.15) is 11.5 Å². The van der Waals surface area contributed by atoms with Gasteiger partial charge in [0, 0.05) is 17.9 Å². The third kappa shape index (κ3) is 4.69. The van der Waals surface area contributed by atoms with Crippen molar-refractivity contribution in [2.75, 3.05) is 13.7 Å². The monoisotopic (exact) mass is 306 g/mol. The second kappa shape index (κ2) is 8.32. The molecule has 0 heterocycles. The summed E-state index contributed by atoms with van der Waals surface area (Å²) < 4.78 is 9.97. The highest BCUT2D eigenvalue weighted by molar-refractivity contribution is 5.99. The van der Waals surface area contributed by atoms with E-state index in [9.17, 15) is 14.4 Å². The average Bonchev–Trinajstić information content (AvgIpc) is 2.51. The minimum absolute atomic E-state index is 0.0123. The fourth-order valence-electron chi connectivity index (χ4n) is 2.21. The van der Waals surface area contributed by atoms with Crippen molar-refractivity contribution in [2.45, 2.75) is 27.2 Å². The maximum absolute atomic E-state index is 12.3. The van der Waals surface area contributed by atoms with Crippen molar-refractivity contribution in [3.63, 3.8) is 0 Å². The van der Waals surface area contributed by atoms with E-state index < -0.39 is 17.8 Å². The summed E-state index contributed by atoms with van der Waals surface area (Å²) in [5.41, 5.74) is 0.489. The molecule has 5 heteroatoms. The second-order valence-corrected chi connectivity index (χ2v) is 5.11. The van der Waals surface area contributed by atoms with Gasteiger partial charge in [-0.1, -0.05) is 6.92 Å². The topological polar surface area (TPSA) is 69.7 Å². The zero-order chi connectivity index (χ0) is 16.7. The van der Waals surface area contributed by atoms with E-state index in [2.05, 4.69) is 0 Å². The number of methoxy groups -OCH3 is 1. The van der Waals surface area contributed by atoms with E-state index in [1.807, 2.05) is 0 Å². The minimum Gasteiger partial charge on any atom is -0.497 e. The van der Waals surface area contributed by atoms with Crippen LogP contribution >= 0.6 is 0 Å². The molecule has 2 unspecified atom stereocenters. The molecule has 0 spiro atoms. The SMILES string of the molecule is CCOC(=O)C(C)C(CC(=O)c1ccc(OC)cc1)C(C)=O. The number of ketones is 2. The molecule has 0 fully saturated rings. The molecule has 1 rings (SSSR count). The van der Waals surface area contributed by atoms with Crippen molar-refractivity contribution in [1.29, 1.82) is 0 Å². The van der Waals surface area contributed by atoms with E-state index in [0.29, 0.717) is 11.3 Å². The number of carbonyl (C=O) groups is 3. The van der Waals surface area contributed by atoms with Crippen molar-refractivity contribution in [3.8, 4) is 5.75 Å². The quantitative estimate of drug-likeness (QED) is 0.545. The highest BCUT2D eigenvalue weighted by atomic mass is 16.5. The summed E-state index contributed by atoms with van der Waals surface area (Å²) in [6.07, 6.45) is -0.0123. The van der Waals surface area contributed by atoms with Gasteiger partial charge in [0.15, 0.2) is 5.78 Å². The molecule has 0 amide bonds. The Labute approximate surface area is 130 Å². The fourth-order valence-corrected chi connectivity index (χ4v) is 2.21. The van der Waals surface area contributed by atoms with Crippen LogP contribution in [0.2, 0.25) is 0 Å². The molecule has 0 bridgehead atoms. The van der Waals surface area contributed by atoms with Crippen molar-refractivity contribution in [1.82, 2.24) is 0 Å². The molecule has 5 nitrogen and oxygen atoms in total. The first-order valence-electron chi connectivity index (χ1n) is 7.25. The van der Waals surface area contributed by atoms with Gasteiger partial charge < -0.3 is 9.47 Å². The standard InChI is InChI=1S/C17H22O5/c1-5-22-17(20)11(2)15(12(3)18)10-16(19)13-6-8-14(21-4)9-7-13/h6-9,11,15H,5,10H2,1-4H3. The number of esters is 1. The number of carbonyl (C=O) groups excluding carboxylic acids is 3. The number of hydrogen-bond donors (Lipinski definition) is 0. The van der Waals surface area contributed by atoms with Gasteiger partial charge in [-0.2, -0.15) is 0 Å². The highest BCUT2D eigenvalue weighted by Crippen LogP contribution is 2.22. The fraction of sp³-hybridized carbons (Fsp3) is 0.471. The van der Waals surface area contributed by atoms with Crippen LogP contribution in [-0.2, 0) is 14.3 Å². The molecule has 1 aromatic carbocycles. The molecular weight excluding hydrogens is 284 g/mol. The molecule has 0 saturated carbocycles. The van der Waals surface area contributed by atoms with E-state index in [0.717, 1.165) is 0 Å². The molecule has 120 valence electrons. The Morgan fingerprint density at radius 2 is 1.73 bits per heavy atom. The van der Waals surface area contributed by atoms with Gasteiger partial charge in [-0.15, -0.1) is 0 Å². The van der Waals surface area contributed by atoms with Crippen LogP contribution < -0.4 is 4.74 Å². The van der Waals surface area contributed by atoms with Crippen molar-refractivity contribution in [3.05, 3.63) is 29.8 Å². The van der Waals surface area contributed by atoms with Crippen LogP contribution in [0.15, 0.2) is 24.3 Å². The van der Waals surface area contributed by atoms with Gasteiger partial charge in [0.2, 0.25) is 0 Å². The third-order valence-electron chi connectivity index (χ3n) is 3.60. The Morgan fingerprint density at radius 3 is 2.18 bits per heavy atom. The van der Waals surface area contributed by atoms with Crippen LogP contribution in [0.1, 0.15) is 37.6 Å². The summed E-state index contributed by atoms with van der Waals surface area (Å²) in [7, 11) is 1.55. The maximum Gasteiger partial charge on any atom is 0.309 e. The summed E-state index contributed by atoms with van der Waals surface area (Å²) in [5.74, 6) is -1.49. The lowest BCUT2D eigenvalue weighted by Crippen LogP contribution is -2.30. The van der Waals surface area contributed by atoms with Crippen LogP contribution in [0.5, 0.6) is 5.75 Å². The smallest absolute Gasteiger partial charge is 0.309 e. The number of Topliss-reactive ketones (excluding diaryl/α,β-unsaturated/α-hetero) is 2. The molecule has 0 N–H and O–H groups in total. The Morgan fingerprint density at radius 1 is 1.14 bits per heavy atom. The molecule has 0 saturated heterocycles. The summed E-state index contributed by atoms with van der Waals surface area (Å²) in [4.78, 5) is 35.9. The molecule has 0 aromatic heterocycles. The third-order valence-corrected chi connectivity index (χ3v) is 3.60. The second-order valence-electron chi connectivity index (χ2n) is 5.11. The Hall–Kier alpha value is -2.17.